The Bertz CT molecular complexity index is 393. The van der Waals surface area contributed by atoms with E-state index in [0.717, 1.165) is 18.4 Å². The van der Waals surface area contributed by atoms with Crippen LogP contribution in [-0.2, 0) is 6.54 Å². The van der Waals surface area contributed by atoms with E-state index in [4.69, 9.17) is 0 Å². The summed E-state index contributed by atoms with van der Waals surface area (Å²) in [7, 11) is 0. The van der Waals surface area contributed by atoms with E-state index in [1.54, 1.807) is 0 Å². The number of hydrogen-bond donors (Lipinski definition) is 0. The van der Waals surface area contributed by atoms with Crippen molar-refractivity contribution in [2.45, 2.75) is 51.6 Å². The van der Waals surface area contributed by atoms with Crippen molar-refractivity contribution < 1.29 is 12.4 Å². The van der Waals surface area contributed by atoms with Crippen LogP contribution < -0.4 is 12.4 Å². The first-order valence-electron chi connectivity index (χ1n) is 7.49. The van der Waals surface area contributed by atoms with Gasteiger partial charge in [0.15, 0.2) is 0 Å². The fourth-order valence-electron chi connectivity index (χ4n) is 4.19. The Morgan fingerprint density at radius 2 is 1.74 bits per heavy atom. The second-order valence-electron chi connectivity index (χ2n) is 6.60. The van der Waals surface area contributed by atoms with Crippen LogP contribution in [0.1, 0.15) is 45.1 Å². The van der Waals surface area contributed by atoms with Gasteiger partial charge in [0.05, 0.1) is 0 Å². The van der Waals surface area contributed by atoms with E-state index in [1.165, 1.54) is 37.8 Å². The first kappa shape index (κ1) is 14.9. The molecule has 1 aromatic rings. The van der Waals surface area contributed by atoms with Gasteiger partial charge in [0.25, 0.3) is 0 Å². The van der Waals surface area contributed by atoms with Crippen LogP contribution in [-0.4, -0.2) is 17.0 Å². The van der Waals surface area contributed by atoms with Crippen molar-refractivity contribution in [2.24, 2.45) is 11.8 Å². The second-order valence-corrected chi connectivity index (χ2v) is 6.60. The van der Waals surface area contributed by atoms with Crippen molar-refractivity contribution in [1.82, 2.24) is 4.90 Å². The maximum absolute atomic E-state index is 2.78. The molecule has 2 aliphatic rings. The molecule has 0 N–H and O–H groups in total. The van der Waals surface area contributed by atoms with Crippen LogP contribution in [0.4, 0.5) is 0 Å². The first-order chi connectivity index (χ1) is 8.70. The zero-order chi connectivity index (χ0) is 12.6. The lowest BCUT2D eigenvalue weighted by atomic mass is 9.92. The monoisotopic (exact) mass is 278 g/mol. The maximum Gasteiger partial charge on any atom is 0.0239 e. The topological polar surface area (TPSA) is 3.24 Å². The zero-order valence-electron chi connectivity index (χ0n) is 12.1. The Kier molecular flexibility index (Phi) is 4.58. The molecular formula is C17H25ClN-. The lowest BCUT2D eigenvalue weighted by Crippen LogP contribution is -3.00. The van der Waals surface area contributed by atoms with Crippen LogP contribution in [0.5, 0.6) is 0 Å². The average Bonchev–Trinajstić information content (AvgIpc) is 2.86. The molecule has 2 fully saturated rings. The van der Waals surface area contributed by atoms with Gasteiger partial charge in [-0.05, 0) is 49.6 Å². The van der Waals surface area contributed by atoms with Gasteiger partial charge in [-0.2, -0.15) is 0 Å². The Labute approximate surface area is 123 Å². The number of nitrogens with zero attached hydrogens (tertiary/aromatic N) is 1. The summed E-state index contributed by atoms with van der Waals surface area (Å²) < 4.78 is 0. The van der Waals surface area contributed by atoms with Gasteiger partial charge in [-0.1, -0.05) is 44.2 Å². The van der Waals surface area contributed by atoms with Gasteiger partial charge >= 0.3 is 0 Å². The molecule has 1 spiro atoms. The Morgan fingerprint density at radius 3 is 2.37 bits per heavy atom. The van der Waals surface area contributed by atoms with Crippen molar-refractivity contribution in [3.05, 3.63) is 35.9 Å². The van der Waals surface area contributed by atoms with Gasteiger partial charge in [0.1, 0.15) is 0 Å². The summed E-state index contributed by atoms with van der Waals surface area (Å²) in [5.41, 5.74) is 2.01. The van der Waals surface area contributed by atoms with E-state index in [9.17, 15) is 0 Å². The molecular weight excluding hydrogens is 254 g/mol. The molecule has 1 heterocycles. The molecule has 1 aromatic carbocycles. The van der Waals surface area contributed by atoms with Gasteiger partial charge in [0.2, 0.25) is 0 Å². The van der Waals surface area contributed by atoms with Gasteiger partial charge < -0.3 is 12.4 Å². The van der Waals surface area contributed by atoms with Crippen molar-refractivity contribution in [3.8, 4) is 0 Å². The summed E-state index contributed by atoms with van der Waals surface area (Å²) in [5.74, 6) is 1.81. The van der Waals surface area contributed by atoms with Crippen molar-refractivity contribution in [1.29, 1.82) is 0 Å². The number of benzene rings is 1. The number of likely N-dealkylation sites (tertiary alicyclic amines) is 1. The number of hydrogen-bond acceptors (Lipinski definition) is 1. The highest BCUT2D eigenvalue weighted by Gasteiger charge is 2.47. The van der Waals surface area contributed by atoms with Crippen LogP contribution in [0.25, 0.3) is 0 Å². The van der Waals surface area contributed by atoms with E-state index in [0.29, 0.717) is 5.54 Å². The largest absolute Gasteiger partial charge is 1.00 e. The highest BCUT2D eigenvalue weighted by Crippen LogP contribution is 2.48. The van der Waals surface area contributed by atoms with Crippen LogP contribution >= 0.6 is 0 Å². The van der Waals surface area contributed by atoms with Crippen LogP contribution in [0.3, 0.4) is 0 Å². The van der Waals surface area contributed by atoms with Gasteiger partial charge in [0, 0.05) is 12.1 Å². The van der Waals surface area contributed by atoms with Crippen LogP contribution in [0, 0.1) is 11.8 Å². The molecule has 2 heteroatoms. The predicted octanol–water partition coefficient (Wildman–Crippen LogP) is 1.09. The maximum atomic E-state index is 2.78. The smallest absolute Gasteiger partial charge is 0.0239 e. The third-order valence-electron chi connectivity index (χ3n) is 5.33. The van der Waals surface area contributed by atoms with E-state index in [2.05, 4.69) is 49.1 Å². The van der Waals surface area contributed by atoms with Gasteiger partial charge in [-0.3, -0.25) is 4.90 Å². The molecule has 0 amide bonds. The molecule has 106 valence electrons. The minimum Gasteiger partial charge on any atom is -1.00 e. The summed E-state index contributed by atoms with van der Waals surface area (Å²) in [6.45, 7) is 7.34. The molecule has 1 nitrogen and oxygen atoms in total. The fourth-order valence-corrected chi connectivity index (χ4v) is 4.19. The Balaban J connectivity index is 0.00000133. The van der Waals surface area contributed by atoms with E-state index >= 15 is 0 Å². The molecule has 1 saturated heterocycles. The highest BCUT2D eigenvalue weighted by atomic mass is 35.5. The third kappa shape index (κ3) is 2.83. The van der Waals surface area contributed by atoms with Gasteiger partial charge in [-0.25, -0.2) is 0 Å². The summed E-state index contributed by atoms with van der Waals surface area (Å²) in [4.78, 5) is 2.78. The SMILES string of the molecule is C[C@@H]1CC2(CCCN2Cc2ccccc2)C[C@H]1C.[Cl-]. The minimum absolute atomic E-state index is 0. The zero-order valence-corrected chi connectivity index (χ0v) is 12.9. The standard InChI is InChI=1S/C17H25N.ClH/c1-14-11-17(12-15(14)2)9-6-10-18(17)13-16-7-4-3-5-8-16;/h3-5,7-8,14-15H,6,9-13H2,1-2H3;1H/p-1/t14-,15-;/m1./s1. The molecule has 0 aromatic heterocycles. The lowest BCUT2D eigenvalue weighted by Gasteiger charge is -2.35. The first-order valence-corrected chi connectivity index (χ1v) is 7.49. The molecule has 0 radical (unpaired) electrons. The number of halogens is 1. The minimum atomic E-state index is 0. The lowest BCUT2D eigenvalue weighted by molar-refractivity contribution is -0.00000436. The van der Waals surface area contributed by atoms with E-state index in [1.807, 2.05) is 0 Å². The van der Waals surface area contributed by atoms with Gasteiger partial charge in [-0.15, -0.1) is 0 Å². The molecule has 1 saturated carbocycles. The molecule has 0 unspecified atom stereocenters. The van der Waals surface area contributed by atoms with Crippen molar-refractivity contribution in [3.63, 3.8) is 0 Å². The fraction of sp³-hybridized carbons (Fsp3) is 0.647. The summed E-state index contributed by atoms with van der Waals surface area (Å²) in [6, 6.07) is 11.0. The molecule has 2 atom stereocenters. The summed E-state index contributed by atoms with van der Waals surface area (Å²) in [6.07, 6.45) is 5.66. The normalized spacial score (nSPS) is 29.6. The molecule has 3 rings (SSSR count). The second kappa shape index (κ2) is 5.85. The van der Waals surface area contributed by atoms with E-state index in [-0.39, 0.29) is 12.4 Å². The van der Waals surface area contributed by atoms with E-state index < -0.39 is 0 Å². The van der Waals surface area contributed by atoms with Crippen molar-refractivity contribution >= 4 is 0 Å². The third-order valence-corrected chi connectivity index (χ3v) is 5.33. The average molecular weight is 279 g/mol. The summed E-state index contributed by atoms with van der Waals surface area (Å²) >= 11 is 0. The molecule has 1 aliphatic heterocycles. The molecule has 1 aliphatic carbocycles. The Hall–Kier alpha value is -0.530. The molecule has 0 bridgehead atoms. The summed E-state index contributed by atoms with van der Waals surface area (Å²) in [5, 5.41) is 0. The highest BCUT2D eigenvalue weighted by molar-refractivity contribution is 5.16. The predicted molar refractivity (Wildman–Crippen MR) is 76.4 cm³/mol. The number of rotatable bonds is 2. The molecule has 19 heavy (non-hydrogen) atoms. The van der Waals surface area contributed by atoms with Crippen LogP contribution in [0.15, 0.2) is 30.3 Å². The Morgan fingerprint density at radius 1 is 1.11 bits per heavy atom. The van der Waals surface area contributed by atoms with Crippen LogP contribution in [0.2, 0.25) is 0 Å². The quantitative estimate of drug-likeness (QED) is 0.783. The van der Waals surface area contributed by atoms with Crippen molar-refractivity contribution in [2.75, 3.05) is 6.54 Å².